The SMILES string of the molecule is CC(COC1CCOC1)NC(=NCC(=O)N(C)C)NCc1cccs1.I. The van der Waals surface area contributed by atoms with E-state index in [2.05, 4.69) is 21.7 Å². The highest BCUT2D eigenvalue weighted by Crippen LogP contribution is 2.09. The molecule has 0 aromatic carbocycles. The molecule has 26 heavy (non-hydrogen) atoms. The van der Waals surface area contributed by atoms with Gasteiger partial charge in [-0.25, -0.2) is 4.99 Å². The molecule has 1 aromatic heterocycles. The maximum atomic E-state index is 11.8. The Hall–Kier alpha value is -0.910. The van der Waals surface area contributed by atoms with E-state index in [1.54, 1.807) is 25.4 Å². The van der Waals surface area contributed by atoms with Crippen LogP contribution in [0.25, 0.3) is 0 Å². The van der Waals surface area contributed by atoms with Gasteiger partial charge in [0.15, 0.2) is 5.96 Å². The van der Waals surface area contributed by atoms with Crippen LogP contribution in [0.1, 0.15) is 18.2 Å². The molecule has 2 unspecified atom stereocenters. The summed E-state index contributed by atoms with van der Waals surface area (Å²) >= 11 is 1.68. The molecule has 1 saturated heterocycles. The molecule has 2 N–H and O–H groups in total. The van der Waals surface area contributed by atoms with Crippen LogP contribution in [0.5, 0.6) is 0 Å². The summed E-state index contributed by atoms with van der Waals surface area (Å²) < 4.78 is 11.2. The normalized spacial score (nSPS) is 18.1. The summed E-state index contributed by atoms with van der Waals surface area (Å²) in [6.07, 6.45) is 1.13. The van der Waals surface area contributed by atoms with Crippen molar-refractivity contribution in [1.82, 2.24) is 15.5 Å². The van der Waals surface area contributed by atoms with E-state index in [0.717, 1.165) is 13.0 Å². The number of halogens is 1. The van der Waals surface area contributed by atoms with E-state index >= 15 is 0 Å². The molecule has 1 aromatic rings. The number of likely N-dealkylation sites (N-methyl/N-ethyl adjacent to an activating group) is 1. The third-order valence-corrected chi connectivity index (χ3v) is 4.61. The number of thiophene rings is 1. The highest BCUT2D eigenvalue weighted by Gasteiger charge is 2.17. The highest BCUT2D eigenvalue weighted by molar-refractivity contribution is 14.0. The van der Waals surface area contributed by atoms with Crippen LogP contribution in [-0.2, 0) is 20.8 Å². The Balaban J connectivity index is 0.00000338. The first-order valence-corrected chi connectivity index (χ1v) is 9.39. The molecule has 2 atom stereocenters. The van der Waals surface area contributed by atoms with Crippen LogP contribution in [-0.4, -0.2) is 69.4 Å². The first-order chi connectivity index (χ1) is 12.0. The molecule has 148 valence electrons. The van der Waals surface area contributed by atoms with Crippen molar-refractivity contribution in [3.05, 3.63) is 22.4 Å². The molecule has 0 radical (unpaired) electrons. The zero-order chi connectivity index (χ0) is 18.1. The molecule has 7 nitrogen and oxygen atoms in total. The number of guanidine groups is 1. The fourth-order valence-corrected chi connectivity index (χ4v) is 2.87. The van der Waals surface area contributed by atoms with Crippen molar-refractivity contribution in [2.45, 2.75) is 32.0 Å². The topological polar surface area (TPSA) is 75.2 Å². The van der Waals surface area contributed by atoms with E-state index < -0.39 is 0 Å². The molecule has 2 heterocycles. The largest absolute Gasteiger partial charge is 0.379 e. The summed E-state index contributed by atoms with van der Waals surface area (Å²) in [4.78, 5) is 18.9. The monoisotopic (exact) mass is 496 g/mol. The second kappa shape index (κ2) is 12.5. The Morgan fingerprint density at radius 2 is 2.35 bits per heavy atom. The van der Waals surface area contributed by atoms with Gasteiger partial charge in [0.1, 0.15) is 6.54 Å². The second-order valence-corrected chi connectivity index (χ2v) is 7.28. The summed E-state index contributed by atoms with van der Waals surface area (Å²) in [6, 6.07) is 4.15. The molecule has 2 rings (SSSR count). The van der Waals surface area contributed by atoms with Crippen molar-refractivity contribution in [2.24, 2.45) is 4.99 Å². The summed E-state index contributed by atoms with van der Waals surface area (Å²) in [5.74, 6) is 0.576. The van der Waals surface area contributed by atoms with Gasteiger partial charge in [-0.3, -0.25) is 4.79 Å². The molecule has 9 heteroatoms. The molecule has 0 saturated carbocycles. The van der Waals surface area contributed by atoms with Crippen molar-refractivity contribution in [1.29, 1.82) is 0 Å². The minimum absolute atomic E-state index is 0. The zero-order valence-corrected chi connectivity index (χ0v) is 18.7. The van der Waals surface area contributed by atoms with Gasteiger partial charge in [0.2, 0.25) is 5.91 Å². The molecule has 1 amide bonds. The van der Waals surface area contributed by atoms with Gasteiger partial charge in [0.25, 0.3) is 0 Å². The zero-order valence-electron chi connectivity index (χ0n) is 15.6. The molecule has 1 fully saturated rings. The molecular formula is C17H29IN4O3S. The van der Waals surface area contributed by atoms with E-state index in [0.29, 0.717) is 25.7 Å². The van der Waals surface area contributed by atoms with Crippen molar-refractivity contribution < 1.29 is 14.3 Å². The summed E-state index contributed by atoms with van der Waals surface area (Å²) in [5, 5.41) is 8.62. The lowest BCUT2D eigenvalue weighted by Gasteiger charge is -2.20. The van der Waals surface area contributed by atoms with E-state index in [1.807, 2.05) is 18.4 Å². The number of ether oxygens (including phenoxy) is 2. The first kappa shape index (κ1) is 23.1. The van der Waals surface area contributed by atoms with Gasteiger partial charge in [-0.2, -0.15) is 0 Å². The van der Waals surface area contributed by atoms with Crippen LogP contribution in [0.15, 0.2) is 22.5 Å². The van der Waals surface area contributed by atoms with Gasteiger partial charge in [-0.05, 0) is 24.8 Å². The number of rotatable bonds is 8. The lowest BCUT2D eigenvalue weighted by molar-refractivity contribution is -0.127. The Kier molecular flexibility index (Phi) is 11.1. The molecule has 1 aliphatic rings. The summed E-state index contributed by atoms with van der Waals surface area (Å²) in [5.41, 5.74) is 0. The second-order valence-electron chi connectivity index (χ2n) is 6.25. The van der Waals surface area contributed by atoms with Gasteiger partial charge in [0, 0.05) is 31.6 Å². The van der Waals surface area contributed by atoms with Crippen molar-refractivity contribution in [2.75, 3.05) is 40.5 Å². The highest BCUT2D eigenvalue weighted by atomic mass is 127. The lowest BCUT2D eigenvalue weighted by Crippen LogP contribution is -2.44. The predicted molar refractivity (Wildman–Crippen MR) is 115 cm³/mol. The van der Waals surface area contributed by atoms with Gasteiger partial charge in [0.05, 0.1) is 25.9 Å². The fraction of sp³-hybridized carbons (Fsp3) is 0.647. The Bertz CT molecular complexity index is 548. The van der Waals surface area contributed by atoms with Crippen LogP contribution in [0, 0.1) is 0 Å². The Morgan fingerprint density at radius 3 is 2.96 bits per heavy atom. The number of aliphatic imine (C=N–C) groups is 1. The number of amides is 1. The smallest absolute Gasteiger partial charge is 0.243 e. The van der Waals surface area contributed by atoms with Crippen LogP contribution in [0.4, 0.5) is 0 Å². The van der Waals surface area contributed by atoms with Gasteiger partial charge in [-0.15, -0.1) is 35.3 Å². The van der Waals surface area contributed by atoms with Gasteiger partial charge < -0.3 is 25.0 Å². The molecule has 0 spiro atoms. The third-order valence-electron chi connectivity index (χ3n) is 3.73. The van der Waals surface area contributed by atoms with E-state index in [-0.39, 0.29) is 48.6 Å². The van der Waals surface area contributed by atoms with Crippen LogP contribution >= 0.6 is 35.3 Å². The van der Waals surface area contributed by atoms with Crippen molar-refractivity contribution >= 4 is 47.2 Å². The summed E-state index contributed by atoms with van der Waals surface area (Å²) in [7, 11) is 3.45. The van der Waals surface area contributed by atoms with E-state index in [9.17, 15) is 4.79 Å². The average Bonchev–Trinajstić information content (AvgIpc) is 3.28. The molecule has 1 aliphatic heterocycles. The minimum Gasteiger partial charge on any atom is -0.379 e. The Morgan fingerprint density at radius 1 is 1.54 bits per heavy atom. The minimum atomic E-state index is -0.0377. The van der Waals surface area contributed by atoms with Crippen LogP contribution in [0.2, 0.25) is 0 Å². The third kappa shape index (κ3) is 8.65. The quantitative estimate of drug-likeness (QED) is 0.326. The van der Waals surface area contributed by atoms with Crippen LogP contribution < -0.4 is 10.6 Å². The molecule has 0 bridgehead atoms. The predicted octanol–water partition coefficient (Wildman–Crippen LogP) is 1.68. The molecule has 0 aliphatic carbocycles. The first-order valence-electron chi connectivity index (χ1n) is 8.51. The number of hydrogen-bond acceptors (Lipinski definition) is 5. The number of hydrogen-bond donors (Lipinski definition) is 2. The van der Waals surface area contributed by atoms with E-state index in [1.165, 1.54) is 9.78 Å². The number of carbonyl (C=O) groups is 1. The van der Waals surface area contributed by atoms with Crippen LogP contribution in [0.3, 0.4) is 0 Å². The van der Waals surface area contributed by atoms with Gasteiger partial charge >= 0.3 is 0 Å². The number of nitrogens with zero attached hydrogens (tertiary/aromatic N) is 2. The Labute approximate surface area is 176 Å². The van der Waals surface area contributed by atoms with Crippen molar-refractivity contribution in [3.8, 4) is 0 Å². The summed E-state index contributed by atoms with van der Waals surface area (Å²) in [6.45, 7) is 4.82. The number of nitrogens with one attached hydrogen (secondary N) is 2. The lowest BCUT2D eigenvalue weighted by atomic mass is 10.3. The standard InChI is InChI=1S/C17H28N4O3S.HI/c1-13(11-24-14-6-7-23-12-14)20-17(19-10-16(22)21(2)3)18-9-15-5-4-8-25-15;/h4-5,8,13-14H,6-7,9-12H2,1-3H3,(H2,18,19,20);1H. The van der Waals surface area contributed by atoms with E-state index in [4.69, 9.17) is 9.47 Å². The fourth-order valence-electron chi connectivity index (χ4n) is 2.22. The molecular weight excluding hydrogens is 467 g/mol. The maximum Gasteiger partial charge on any atom is 0.243 e. The maximum absolute atomic E-state index is 11.8. The average molecular weight is 496 g/mol. The van der Waals surface area contributed by atoms with Crippen molar-refractivity contribution in [3.63, 3.8) is 0 Å². The van der Waals surface area contributed by atoms with Gasteiger partial charge in [-0.1, -0.05) is 6.07 Å². The number of carbonyl (C=O) groups excluding carboxylic acids is 1.